The molecule has 1 aromatic heterocycles. The Hall–Kier alpha value is -2.65. The molecular formula is C19H19NO6S2. The number of hydrogen-bond donors (Lipinski definition) is 0. The van der Waals surface area contributed by atoms with Gasteiger partial charge in [-0.25, -0.2) is 17.5 Å². The molecule has 0 saturated carbocycles. The molecule has 1 heterocycles. The van der Waals surface area contributed by atoms with Crippen molar-refractivity contribution in [3.8, 4) is 5.75 Å². The number of benzene rings is 2. The summed E-state index contributed by atoms with van der Waals surface area (Å²) in [5, 5.41) is 0. The summed E-state index contributed by atoms with van der Waals surface area (Å²) >= 11 is 0.846. The van der Waals surface area contributed by atoms with Gasteiger partial charge in [-0.1, -0.05) is 25.2 Å². The van der Waals surface area contributed by atoms with Crippen LogP contribution in [0.5, 0.6) is 5.75 Å². The number of carbonyl (C=O) groups excluding carboxylic acids is 1. The molecule has 7 nitrogen and oxygen atoms in total. The normalized spacial score (nSPS) is 11.7. The van der Waals surface area contributed by atoms with Crippen LogP contribution in [-0.2, 0) is 14.8 Å². The number of carbonyl (C=O) groups is 1. The van der Waals surface area contributed by atoms with Crippen LogP contribution in [0.2, 0.25) is 0 Å². The third-order valence-electron chi connectivity index (χ3n) is 3.92. The van der Waals surface area contributed by atoms with Gasteiger partial charge < -0.3 is 9.15 Å². The fourth-order valence-corrected chi connectivity index (χ4v) is 4.82. The number of nitrogens with zero attached hydrogens (tertiary/aromatic N) is 1. The van der Waals surface area contributed by atoms with E-state index in [0.717, 1.165) is 15.6 Å². The summed E-state index contributed by atoms with van der Waals surface area (Å²) in [4.78, 5) is 23.7. The second-order valence-electron chi connectivity index (χ2n) is 6.25. The number of rotatable bonds is 6. The maximum absolute atomic E-state index is 13.3. The zero-order valence-electron chi connectivity index (χ0n) is 15.5. The van der Waals surface area contributed by atoms with Crippen molar-refractivity contribution in [2.75, 3.05) is 10.9 Å². The molecule has 0 N–H and O–H groups in total. The van der Waals surface area contributed by atoms with Gasteiger partial charge in [-0.3, -0.25) is 4.79 Å². The molecule has 0 saturated heterocycles. The van der Waals surface area contributed by atoms with Crippen molar-refractivity contribution in [2.24, 2.45) is 5.92 Å². The summed E-state index contributed by atoms with van der Waals surface area (Å²) in [5.74, 6) is -0.604. The molecule has 3 rings (SSSR count). The number of anilines is 1. The molecule has 2 aromatic carbocycles. The molecule has 0 radical (unpaired) electrons. The Bertz CT molecular complexity index is 1160. The zero-order chi connectivity index (χ0) is 20.5. The van der Waals surface area contributed by atoms with Crippen LogP contribution in [-0.4, -0.2) is 20.9 Å². The average molecular weight is 421 g/mol. The summed E-state index contributed by atoms with van der Waals surface area (Å²) < 4.78 is 38.1. The van der Waals surface area contributed by atoms with E-state index in [1.165, 1.54) is 30.3 Å². The Labute approximate surface area is 166 Å². The van der Waals surface area contributed by atoms with Gasteiger partial charge in [-0.2, -0.15) is 0 Å². The number of hydrogen-bond acceptors (Lipinski definition) is 7. The highest BCUT2D eigenvalue weighted by Crippen LogP contribution is 2.30. The lowest BCUT2D eigenvalue weighted by atomic mass is 10.2. The van der Waals surface area contributed by atoms with E-state index in [1.54, 1.807) is 26.0 Å². The number of fused-ring (bicyclic) bond motifs is 1. The third-order valence-corrected chi connectivity index (χ3v) is 6.44. The molecule has 3 aromatic rings. The van der Waals surface area contributed by atoms with Gasteiger partial charge in [0.2, 0.25) is 5.91 Å². The average Bonchev–Trinajstić information content (AvgIpc) is 3.01. The summed E-state index contributed by atoms with van der Waals surface area (Å²) in [7, 11) is -4.17. The van der Waals surface area contributed by atoms with Crippen LogP contribution in [0, 0.1) is 5.92 Å². The Balaban J connectivity index is 2.12. The maximum atomic E-state index is 13.3. The van der Waals surface area contributed by atoms with Gasteiger partial charge in [-0.15, -0.1) is 0 Å². The Morgan fingerprint density at radius 2 is 1.86 bits per heavy atom. The Kier molecular flexibility index (Phi) is 5.57. The van der Waals surface area contributed by atoms with Gasteiger partial charge in [0.1, 0.15) is 11.3 Å². The fourth-order valence-electron chi connectivity index (χ4n) is 2.59. The van der Waals surface area contributed by atoms with Crippen molar-refractivity contribution < 1.29 is 22.4 Å². The van der Waals surface area contributed by atoms with E-state index >= 15 is 0 Å². The molecule has 0 aliphatic heterocycles. The van der Waals surface area contributed by atoms with E-state index in [2.05, 4.69) is 0 Å². The first-order valence-corrected chi connectivity index (χ1v) is 10.9. The zero-order valence-corrected chi connectivity index (χ0v) is 17.2. The van der Waals surface area contributed by atoms with E-state index in [4.69, 9.17) is 9.15 Å². The molecule has 0 bridgehead atoms. The summed E-state index contributed by atoms with van der Waals surface area (Å²) in [5.41, 5.74) is 0.492. The fraction of sp³-hybridized carbons (Fsp3) is 0.263. The summed E-state index contributed by atoms with van der Waals surface area (Å²) in [6, 6.07) is 10.3. The largest absolute Gasteiger partial charge is 0.494 e. The first kappa shape index (κ1) is 20.1. The summed E-state index contributed by atoms with van der Waals surface area (Å²) in [6.07, 6.45) is 0. The van der Waals surface area contributed by atoms with E-state index in [9.17, 15) is 18.0 Å². The van der Waals surface area contributed by atoms with E-state index < -0.39 is 26.8 Å². The predicted molar refractivity (Wildman–Crippen MR) is 107 cm³/mol. The molecule has 0 fully saturated rings. The molecule has 0 aliphatic rings. The summed E-state index contributed by atoms with van der Waals surface area (Å²) in [6.45, 7) is 5.53. The Morgan fingerprint density at radius 1 is 1.18 bits per heavy atom. The molecule has 0 atom stereocenters. The van der Waals surface area contributed by atoms with E-state index in [-0.39, 0.29) is 10.6 Å². The van der Waals surface area contributed by atoms with Crippen molar-refractivity contribution >= 4 is 43.2 Å². The molecule has 9 heteroatoms. The Morgan fingerprint density at radius 3 is 2.46 bits per heavy atom. The van der Waals surface area contributed by atoms with Gasteiger partial charge in [0.05, 0.1) is 21.9 Å². The standard InChI is InChI=1S/C19H19NO6S2/c1-4-25-14-6-8-15(9-7-14)28(23,24)20(18(21)12(2)3)13-5-10-16-17(11-13)27-19(22)26-16/h5-12H,4H2,1-3H3. The second kappa shape index (κ2) is 7.76. The molecule has 0 unspecified atom stereocenters. The van der Waals surface area contributed by atoms with Crippen LogP contribution < -0.4 is 14.0 Å². The SMILES string of the molecule is CCOc1ccc(S(=O)(=O)N(C(=O)C(C)C)c2ccc3oc(=O)sc3c2)cc1. The number of sulfonamides is 1. The van der Waals surface area contributed by atoms with Crippen LogP contribution in [0.4, 0.5) is 5.69 Å². The quantitative estimate of drug-likeness (QED) is 0.603. The molecule has 0 spiro atoms. The van der Waals surface area contributed by atoms with Gasteiger partial charge in [0.25, 0.3) is 10.0 Å². The highest BCUT2D eigenvalue weighted by Gasteiger charge is 2.32. The highest BCUT2D eigenvalue weighted by atomic mass is 32.2. The van der Waals surface area contributed by atoms with Gasteiger partial charge in [0, 0.05) is 5.92 Å². The van der Waals surface area contributed by atoms with Gasteiger partial charge in [-0.05, 0) is 49.4 Å². The molecule has 28 heavy (non-hydrogen) atoms. The minimum absolute atomic E-state index is 0.0366. The second-order valence-corrected chi connectivity index (χ2v) is 9.02. The van der Waals surface area contributed by atoms with Crippen LogP contribution in [0.25, 0.3) is 10.3 Å². The predicted octanol–water partition coefficient (Wildman–Crippen LogP) is 3.63. The lowest BCUT2D eigenvalue weighted by molar-refractivity contribution is -0.120. The van der Waals surface area contributed by atoms with Crippen LogP contribution in [0.1, 0.15) is 20.8 Å². The topological polar surface area (TPSA) is 93.9 Å². The minimum Gasteiger partial charge on any atom is -0.494 e. The van der Waals surface area contributed by atoms with Crippen molar-refractivity contribution in [1.82, 2.24) is 0 Å². The first-order valence-electron chi connectivity index (χ1n) is 8.59. The van der Waals surface area contributed by atoms with Crippen LogP contribution >= 0.6 is 11.3 Å². The minimum atomic E-state index is -4.17. The van der Waals surface area contributed by atoms with Gasteiger partial charge >= 0.3 is 4.94 Å². The number of ether oxygens (including phenoxy) is 1. The maximum Gasteiger partial charge on any atom is 0.396 e. The number of amides is 1. The van der Waals surface area contributed by atoms with Crippen LogP contribution in [0.3, 0.4) is 0 Å². The smallest absolute Gasteiger partial charge is 0.396 e. The van der Waals surface area contributed by atoms with Crippen molar-refractivity contribution in [2.45, 2.75) is 25.7 Å². The van der Waals surface area contributed by atoms with E-state index in [0.29, 0.717) is 22.6 Å². The molecule has 148 valence electrons. The van der Waals surface area contributed by atoms with Crippen molar-refractivity contribution in [3.63, 3.8) is 0 Å². The first-order chi connectivity index (χ1) is 13.2. The lowest BCUT2D eigenvalue weighted by Crippen LogP contribution is -2.39. The van der Waals surface area contributed by atoms with Crippen molar-refractivity contribution in [1.29, 1.82) is 0 Å². The molecular weight excluding hydrogens is 402 g/mol. The van der Waals surface area contributed by atoms with Crippen molar-refractivity contribution in [3.05, 3.63) is 52.2 Å². The third kappa shape index (κ3) is 3.81. The monoisotopic (exact) mass is 421 g/mol. The lowest BCUT2D eigenvalue weighted by Gasteiger charge is -2.24. The highest BCUT2D eigenvalue weighted by molar-refractivity contribution is 7.93. The van der Waals surface area contributed by atoms with Gasteiger partial charge in [0.15, 0.2) is 0 Å². The molecule has 0 aliphatic carbocycles. The van der Waals surface area contributed by atoms with E-state index in [1.807, 2.05) is 6.92 Å². The van der Waals surface area contributed by atoms with Crippen LogP contribution in [0.15, 0.2) is 56.6 Å². The molecule has 1 amide bonds.